The van der Waals surface area contributed by atoms with Crippen molar-refractivity contribution in [2.24, 2.45) is 0 Å². The van der Waals surface area contributed by atoms with E-state index in [9.17, 15) is 0 Å². The van der Waals surface area contributed by atoms with Crippen LogP contribution in [0.4, 0.5) is 22.7 Å². The zero-order chi connectivity index (χ0) is 50.3. The number of ether oxygens (including phenoxy) is 1. The average Bonchev–Trinajstić information content (AvgIpc) is 3.89. The molecule has 5 nitrogen and oxygen atoms in total. The third-order valence-electron chi connectivity index (χ3n) is 15.2. The summed E-state index contributed by atoms with van der Waals surface area (Å²) in [5, 5.41) is 2.35. The standard InChI is InChI=1S/C66H70N4O/c1-62(2,3)46-28-31-58-60(39-46)69(51-36-49(65(10,11)44-22-16-14-17-23-44)34-50(37-51)66(12,13)45-24-18-15-19-25-45)43-68(58)52-35-48(64(7,8)9)38-54(41-52)71-53-29-30-56-55-26-20-21-27-57(55)70(59(56)42-53)61-40-47(32-33-67-61)63(4,5)6/h14-42H,43H2,1-13H3. The first-order valence-corrected chi connectivity index (χ1v) is 25.4. The summed E-state index contributed by atoms with van der Waals surface area (Å²) >= 11 is 0. The van der Waals surface area contributed by atoms with E-state index in [1.54, 1.807) is 0 Å². The number of aromatic nitrogens is 2. The fourth-order valence-electron chi connectivity index (χ4n) is 10.3. The van der Waals surface area contributed by atoms with Gasteiger partial charge < -0.3 is 14.5 Å². The first-order valence-electron chi connectivity index (χ1n) is 25.4. The lowest BCUT2D eigenvalue weighted by molar-refractivity contribution is 0.479. The maximum absolute atomic E-state index is 7.07. The third kappa shape index (κ3) is 8.90. The maximum Gasteiger partial charge on any atom is 0.137 e. The molecule has 3 heterocycles. The molecule has 0 atom stereocenters. The van der Waals surface area contributed by atoms with Crippen molar-refractivity contribution in [2.45, 2.75) is 117 Å². The Labute approximate surface area is 422 Å². The van der Waals surface area contributed by atoms with Crippen molar-refractivity contribution >= 4 is 44.6 Å². The van der Waals surface area contributed by atoms with Crippen molar-refractivity contribution in [1.29, 1.82) is 0 Å². The number of fused-ring (bicyclic) bond motifs is 4. The Kier molecular flexibility index (Phi) is 11.6. The van der Waals surface area contributed by atoms with E-state index in [1.165, 1.54) is 61.4 Å². The van der Waals surface area contributed by atoms with Gasteiger partial charge in [0.2, 0.25) is 0 Å². The molecule has 0 saturated carbocycles. The van der Waals surface area contributed by atoms with E-state index < -0.39 is 0 Å². The van der Waals surface area contributed by atoms with Gasteiger partial charge in [0, 0.05) is 51.3 Å². The smallest absolute Gasteiger partial charge is 0.137 e. The van der Waals surface area contributed by atoms with Crippen LogP contribution >= 0.6 is 0 Å². The third-order valence-corrected chi connectivity index (χ3v) is 15.2. The Balaban J connectivity index is 1.11. The highest BCUT2D eigenvalue weighted by Gasteiger charge is 2.35. The second-order valence-electron chi connectivity index (χ2n) is 24.0. The number of benzene rings is 7. The molecule has 71 heavy (non-hydrogen) atoms. The summed E-state index contributed by atoms with van der Waals surface area (Å²) in [5.41, 5.74) is 15.0. The number of pyridine rings is 1. The number of nitrogens with zero attached hydrogens (tertiary/aromatic N) is 4. The Morgan fingerprint density at radius 1 is 0.380 bits per heavy atom. The van der Waals surface area contributed by atoms with Gasteiger partial charge in [0.1, 0.15) is 24.0 Å². The van der Waals surface area contributed by atoms with E-state index in [-0.39, 0.29) is 27.1 Å². The van der Waals surface area contributed by atoms with Crippen LogP contribution in [0, 0.1) is 0 Å². The minimum atomic E-state index is -0.258. The van der Waals surface area contributed by atoms with Crippen LogP contribution in [0.1, 0.15) is 129 Å². The molecule has 0 N–H and O–H groups in total. The molecule has 7 aromatic carbocycles. The molecule has 360 valence electrons. The number of hydrogen-bond donors (Lipinski definition) is 0. The first kappa shape index (κ1) is 47.6. The lowest BCUT2D eigenvalue weighted by atomic mass is 9.73. The average molecular weight is 935 g/mol. The zero-order valence-corrected chi connectivity index (χ0v) is 44.1. The van der Waals surface area contributed by atoms with Crippen molar-refractivity contribution in [1.82, 2.24) is 9.55 Å². The molecule has 9 aromatic rings. The van der Waals surface area contributed by atoms with E-state index in [0.717, 1.165) is 39.4 Å². The molecule has 5 heteroatoms. The van der Waals surface area contributed by atoms with Crippen LogP contribution < -0.4 is 14.5 Å². The number of anilines is 4. The number of rotatable bonds is 9. The van der Waals surface area contributed by atoms with Crippen molar-refractivity contribution in [3.63, 3.8) is 0 Å². The Morgan fingerprint density at radius 2 is 0.915 bits per heavy atom. The summed E-state index contributed by atoms with van der Waals surface area (Å²) in [7, 11) is 0. The highest BCUT2D eigenvalue weighted by atomic mass is 16.5. The maximum atomic E-state index is 7.07. The Hall–Kier alpha value is -7.11. The Morgan fingerprint density at radius 3 is 1.54 bits per heavy atom. The van der Waals surface area contributed by atoms with Crippen LogP contribution in [0.25, 0.3) is 27.6 Å². The van der Waals surface area contributed by atoms with E-state index >= 15 is 0 Å². The van der Waals surface area contributed by atoms with Gasteiger partial charge in [-0.25, -0.2) is 4.98 Å². The van der Waals surface area contributed by atoms with E-state index in [2.05, 4.69) is 274 Å². The molecule has 2 aromatic heterocycles. The van der Waals surface area contributed by atoms with Gasteiger partial charge in [0.25, 0.3) is 0 Å². The first-order chi connectivity index (χ1) is 33.6. The van der Waals surface area contributed by atoms with Crippen molar-refractivity contribution in [3.05, 3.63) is 215 Å². The quantitative estimate of drug-likeness (QED) is 0.144. The summed E-state index contributed by atoms with van der Waals surface area (Å²) in [6, 6.07) is 62.6. The summed E-state index contributed by atoms with van der Waals surface area (Å²) < 4.78 is 9.35. The predicted octanol–water partition coefficient (Wildman–Crippen LogP) is 17.8. The predicted molar refractivity (Wildman–Crippen MR) is 300 cm³/mol. The molecule has 0 aliphatic carbocycles. The van der Waals surface area contributed by atoms with Gasteiger partial charge in [-0.15, -0.1) is 0 Å². The molecule has 1 aliphatic heterocycles. The largest absolute Gasteiger partial charge is 0.457 e. The fraction of sp³-hybridized carbons (Fsp3) is 0.288. The molecule has 1 aliphatic rings. The van der Waals surface area contributed by atoms with Crippen molar-refractivity contribution in [3.8, 4) is 17.3 Å². The van der Waals surface area contributed by atoms with Crippen LogP contribution in [0.15, 0.2) is 176 Å². The van der Waals surface area contributed by atoms with Crippen molar-refractivity contribution < 1.29 is 4.74 Å². The molecule has 0 unspecified atom stereocenters. The van der Waals surface area contributed by atoms with Crippen LogP contribution in [0.3, 0.4) is 0 Å². The molecule has 0 bridgehead atoms. The van der Waals surface area contributed by atoms with Crippen LogP contribution in [0.5, 0.6) is 11.5 Å². The van der Waals surface area contributed by atoms with Gasteiger partial charge in [-0.1, -0.05) is 181 Å². The highest BCUT2D eigenvalue weighted by molar-refractivity contribution is 6.09. The van der Waals surface area contributed by atoms with E-state index in [1.807, 2.05) is 6.20 Å². The molecule has 10 rings (SSSR count). The minimum Gasteiger partial charge on any atom is -0.457 e. The SMILES string of the molecule is CC(C)(C)c1cc(Oc2ccc3c4ccccc4n(-c4cc(C(C)(C)C)ccn4)c3c2)cc(N2CN(c3cc(C(C)(C)c4ccccc4)cc(C(C)(C)c4ccccc4)c3)c3cc(C(C)(C)C)ccc32)c1. The van der Waals surface area contributed by atoms with Gasteiger partial charge in [-0.2, -0.15) is 0 Å². The summed E-state index contributed by atoms with van der Waals surface area (Å²) in [4.78, 5) is 9.97. The lowest BCUT2D eigenvalue weighted by Crippen LogP contribution is -2.27. The highest BCUT2D eigenvalue weighted by Crippen LogP contribution is 2.50. The van der Waals surface area contributed by atoms with Gasteiger partial charge >= 0.3 is 0 Å². The number of hydrogen-bond acceptors (Lipinski definition) is 4. The van der Waals surface area contributed by atoms with Gasteiger partial charge in [-0.05, 0) is 122 Å². The Bertz CT molecular complexity index is 3360. The molecular weight excluding hydrogens is 865 g/mol. The van der Waals surface area contributed by atoms with Gasteiger partial charge in [-0.3, -0.25) is 4.57 Å². The minimum absolute atomic E-state index is 0.0200. The summed E-state index contributed by atoms with van der Waals surface area (Å²) in [6.45, 7) is 30.6. The monoisotopic (exact) mass is 935 g/mol. The second kappa shape index (κ2) is 17.3. The summed E-state index contributed by atoms with van der Waals surface area (Å²) in [5.74, 6) is 2.47. The molecule has 0 spiro atoms. The molecule has 0 radical (unpaired) electrons. The van der Waals surface area contributed by atoms with Crippen LogP contribution in [-0.2, 0) is 27.1 Å². The normalized spacial score (nSPS) is 13.6. The fourth-order valence-corrected chi connectivity index (χ4v) is 10.3. The zero-order valence-electron chi connectivity index (χ0n) is 44.1. The summed E-state index contributed by atoms with van der Waals surface area (Å²) in [6.07, 6.45) is 1.94. The lowest BCUT2D eigenvalue weighted by Gasteiger charge is -2.33. The van der Waals surface area contributed by atoms with Crippen LogP contribution in [-0.4, -0.2) is 16.2 Å². The topological polar surface area (TPSA) is 33.5 Å². The molecule has 0 amide bonds. The van der Waals surface area contributed by atoms with E-state index in [4.69, 9.17) is 9.72 Å². The van der Waals surface area contributed by atoms with E-state index in [0.29, 0.717) is 6.67 Å². The van der Waals surface area contributed by atoms with Gasteiger partial charge in [0.05, 0.1) is 22.4 Å². The second-order valence-corrected chi connectivity index (χ2v) is 24.0. The molecule has 0 fully saturated rings. The molecular formula is C66H70N4O. The van der Waals surface area contributed by atoms with Crippen molar-refractivity contribution in [2.75, 3.05) is 16.5 Å². The van der Waals surface area contributed by atoms with Crippen LogP contribution in [0.2, 0.25) is 0 Å². The number of para-hydroxylation sites is 1. The molecule has 0 saturated heterocycles. The van der Waals surface area contributed by atoms with Gasteiger partial charge in [0.15, 0.2) is 0 Å².